The highest BCUT2D eigenvalue weighted by molar-refractivity contribution is 9.10. The minimum absolute atomic E-state index is 0.108. The van der Waals surface area contributed by atoms with Gasteiger partial charge in [0.1, 0.15) is 5.75 Å². The normalized spacial score (nSPS) is 11.5. The van der Waals surface area contributed by atoms with Gasteiger partial charge in [0, 0.05) is 6.92 Å². The van der Waals surface area contributed by atoms with Crippen LogP contribution in [0.2, 0.25) is 0 Å². The van der Waals surface area contributed by atoms with E-state index in [1.807, 2.05) is 0 Å². The molecule has 0 aliphatic rings. The largest absolute Gasteiger partial charge is 0.573 e. The standard InChI is InChI=1S/C12H9BrF3N3O2/c1-6-11(7(2)20)17-18-19(6)8-3-4-10(9(13)5-8)21-12(14,15)16/h3-5H,1-2H3. The Hall–Kier alpha value is -1.90. The number of rotatable bonds is 3. The number of halogens is 4. The highest BCUT2D eigenvalue weighted by atomic mass is 79.9. The van der Waals surface area contributed by atoms with Gasteiger partial charge in [-0.3, -0.25) is 4.79 Å². The third-order valence-corrected chi connectivity index (χ3v) is 3.23. The Balaban J connectivity index is 2.39. The van der Waals surface area contributed by atoms with Gasteiger partial charge in [0.25, 0.3) is 0 Å². The maximum atomic E-state index is 12.2. The van der Waals surface area contributed by atoms with E-state index in [9.17, 15) is 18.0 Å². The third-order valence-electron chi connectivity index (χ3n) is 2.61. The molecule has 0 saturated carbocycles. The van der Waals surface area contributed by atoms with Crippen LogP contribution in [0.3, 0.4) is 0 Å². The van der Waals surface area contributed by atoms with Gasteiger partial charge in [-0.25, -0.2) is 4.68 Å². The number of hydrogen-bond donors (Lipinski definition) is 0. The number of ketones is 1. The Bertz CT molecular complexity index is 698. The van der Waals surface area contributed by atoms with Crippen molar-refractivity contribution in [3.63, 3.8) is 0 Å². The van der Waals surface area contributed by atoms with Crippen molar-refractivity contribution in [1.29, 1.82) is 0 Å². The third kappa shape index (κ3) is 3.41. The van der Waals surface area contributed by atoms with Gasteiger partial charge in [-0.05, 0) is 41.1 Å². The Kier molecular flexibility index (Phi) is 4.04. The van der Waals surface area contributed by atoms with Crippen LogP contribution in [0.15, 0.2) is 22.7 Å². The van der Waals surface area contributed by atoms with Crippen LogP contribution < -0.4 is 4.74 Å². The van der Waals surface area contributed by atoms with Crippen LogP contribution in [0, 0.1) is 6.92 Å². The fraction of sp³-hybridized carbons (Fsp3) is 0.250. The summed E-state index contributed by atoms with van der Waals surface area (Å²) in [5.74, 6) is -0.606. The van der Waals surface area contributed by atoms with E-state index in [4.69, 9.17) is 0 Å². The topological polar surface area (TPSA) is 57.0 Å². The van der Waals surface area contributed by atoms with Crippen molar-refractivity contribution in [2.24, 2.45) is 0 Å². The van der Waals surface area contributed by atoms with Crippen LogP contribution in [0.25, 0.3) is 5.69 Å². The number of ether oxygens (including phenoxy) is 1. The monoisotopic (exact) mass is 363 g/mol. The molecule has 0 unspecified atom stereocenters. The van der Waals surface area contributed by atoms with E-state index in [2.05, 4.69) is 31.0 Å². The van der Waals surface area contributed by atoms with E-state index < -0.39 is 6.36 Å². The summed E-state index contributed by atoms with van der Waals surface area (Å²) in [5, 5.41) is 7.55. The minimum Gasteiger partial charge on any atom is -0.405 e. The predicted molar refractivity (Wildman–Crippen MR) is 70.5 cm³/mol. The lowest BCUT2D eigenvalue weighted by Crippen LogP contribution is -2.17. The highest BCUT2D eigenvalue weighted by Crippen LogP contribution is 2.32. The van der Waals surface area contributed by atoms with Crippen molar-refractivity contribution in [1.82, 2.24) is 15.0 Å². The van der Waals surface area contributed by atoms with Crippen molar-refractivity contribution in [3.05, 3.63) is 34.1 Å². The molecule has 1 aromatic heterocycles. The molecule has 0 N–H and O–H groups in total. The minimum atomic E-state index is -4.77. The van der Waals surface area contributed by atoms with Gasteiger partial charge in [-0.1, -0.05) is 5.21 Å². The maximum absolute atomic E-state index is 12.2. The molecule has 0 aliphatic heterocycles. The number of alkyl halides is 3. The summed E-state index contributed by atoms with van der Waals surface area (Å²) in [6.45, 7) is 3.00. The Morgan fingerprint density at radius 3 is 2.52 bits per heavy atom. The molecule has 2 aromatic rings. The van der Waals surface area contributed by atoms with Crippen LogP contribution in [0.4, 0.5) is 13.2 Å². The molecule has 0 saturated heterocycles. The lowest BCUT2D eigenvalue weighted by Gasteiger charge is -2.11. The molecule has 0 amide bonds. The molecule has 0 spiro atoms. The second-order valence-corrected chi connectivity index (χ2v) is 5.01. The summed E-state index contributed by atoms with van der Waals surface area (Å²) >= 11 is 3.00. The predicted octanol–water partition coefficient (Wildman–Crippen LogP) is 3.44. The van der Waals surface area contributed by atoms with E-state index in [1.165, 1.54) is 23.7 Å². The molecule has 21 heavy (non-hydrogen) atoms. The molecule has 2 rings (SSSR count). The summed E-state index contributed by atoms with van der Waals surface area (Å²) in [4.78, 5) is 11.3. The van der Waals surface area contributed by atoms with E-state index in [0.717, 1.165) is 6.07 Å². The van der Waals surface area contributed by atoms with Crippen LogP contribution in [0.5, 0.6) is 5.75 Å². The summed E-state index contributed by atoms with van der Waals surface area (Å²) in [6.07, 6.45) is -4.77. The number of aromatic nitrogens is 3. The number of nitrogens with zero attached hydrogens (tertiary/aromatic N) is 3. The zero-order valence-electron chi connectivity index (χ0n) is 10.9. The first-order chi connectivity index (χ1) is 9.69. The number of benzene rings is 1. The molecular formula is C12H9BrF3N3O2. The lowest BCUT2D eigenvalue weighted by atomic mass is 10.2. The molecule has 5 nitrogen and oxygen atoms in total. The second-order valence-electron chi connectivity index (χ2n) is 4.15. The molecule has 0 fully saturated rings. The fourth-order valence-corrected chi connectivity index (χ4v) is 2.18. The Morgan fingerprint density at radius 2 is 2.05 bits per heavy atom. The summed E-state index contributed by atoms with van der Waals surface area (Å²) in [6, 6.07) is 3.94. The average molecular weight is 364 g/mol. The molecule has 0 bridgehead atoms. The van der Waals surface area contributed by atoms with Crippen molar-refractivity contribution < 1.29 is 22.7 Å². The molecule has 1 heterocycles. The summed E-state index contributed by atoms with van der Waals surface area (Å²) in [5.41, 5.74) is 1.16. The summed E-state index contributed by atoms with van der Waals surface area (Å²) in [7, 11) is 0. The molecule has 112 valence electrons. The number of carbonyl (C=O) groups excluding carboxylic acids is 1. The van der Waals surface area contributed by atoms with E-state index >= 15 is 0 Å². The zero-order chi connectivity index (χ0) is 15.8. The second kappa shape index (κ2) is 5.47. The molecule has 9 heteroatoms. The van der Waals surface area contributed by atoms with Gasteiger partial charge in [0.2, 0.25) is 0 Å². The van der Waals surface area contributed by atoms with Crippen LogP contribution in [-0.2, 0) is 0 Å². The molecule has 0 atom stereocenters. The lowest BCUT2D eigenvalue weighted by molar-refractivity contribution is -0.274. The number of hydrogen-bond acceptors (Lipinski definition) is 4. The molecule has 0 radical (unpaired) electrons. The SMILES string of the molecule is CC(=O)c1nnn(-c2ccc(OC(F)(F)F)c(Br)c2)c1C. The Labute approximate surface area is 125 Å². The van der Waals surface area contributed by atoms with Crippen molar-refractivity contribution >= 4 is 21.7 Å². The fourth-order valence-electron chi connectivity index (χ4n) is 1.73. The smallest absolute Gasteiger partial charge is 0.405 e. The Morgan fingerprint density at radius 1 is 1.38 bits per heavy atom. The summed E-state index contributed by atoms with van der Waals surface area (Å²) < 4.78 is 41.9. The quantitative estimate of drug-likeness (QED) is 0.783. The highest BCUT2D eigenvalue weighted by Gasteiger charge is 2.32. The van der Waals surface area contributed by atoms with Gasteiger partial charge in [0.05, 0.1) is 15.9 Å². The van der Waals surface area contributed by atoms with Gasteiger partial charge < -0.3 is 4.74 Å². The van der Waals surface area contributed by atoms with E-state index in [0.29, 0.717) is 11.4 Å². The van der Waals surface area contributed by atoms with Crippen LogP contribution >= 0.6 is 15.9 Å². The molecular weight excluding hydrogens is 355 g/mol. The maximum Gasteiger partial charge on any atom is 0.573 e. The number of carbonyl (C=O) groups is 1. The zero-order valence-corrected chi connectivity index (χ0v) is 12.5. The van der Waals surface area contributed by atoms with E-state index in [-0.39, 0.29) is 21.7 Å². The molecule has 0 aliphatic carbocycles. The average Bonchev–Trinajstić information content (AvgIpc) is 2.72. The molecule has 1 aromatic carbocycles. The van der Waals surface area contributed by atoms with Crippen molar-refractivity contribution in [3.8, 4) is 11.4 Å². The first-order valence-corrected chi connectivity index (χ1v) is 6.47. The van der Waals surface area contributed by atoms with Crippen molar-refractivity contribution in [2.75, 3.05) is 0 Å². The van der Waals surface area contributed by atoms with Gasteiger partial charge in [-0.2, -0.15) is 0 Å². The van der Waals surface area contributed by atoms with Crippen LogP contribution in [-0.4, -0.2) is 27.1 Å². The number of Topliss-reactive ketones (excluding diaryl/α,β-unsaturated/α-hetero) is 1. The first kappa shape index (κ1) is 15.5. The van der Waals surface area contributed by atoms with Gasteiger partial charge in [0.15, 0.2) is 11.5 Å². The van der Waals surface area contributed by atoms with Crippen molar-refractivity contribution in [2.45, 2.75) is 20.2 Å². The first-order valence-electron chi connectivity index (χ1n) is 5.68. The van der Waals surface area contributed by atoms with Gasteiger partial charge >= 0.3 is 6.36 Å². The van der Waals surface area contributed by atoms with Gasteiger partial charge in [-0.15, -0.1) is 18.3 Å². The van der Waals surface area contributed by atoms with Crippen LogP contribution in [0.1, 0.15) is 23.1 Å². The van der Waals surface area contributed by atoms with E-state index in [1.54, 1.807) is 6.92 Å².